The van der Waals surface area contributed by atoms with Crippen LogP contribution in [0.2, 0.25) is 5.02 Å². The second-order valence-electron chi connectivity index (χ2n) is 4.78. The molecule has 24 heavy (non-hydrogen) atoms. The lowest BCUT2D eigenvalue weighted by Gasteiger charge is -2.12. The van der Waals surface area contributed by atoms with Gasteiger partial charge in [0.25, 0.3) is 5.82 Å². The summed E-state index contributed by atoms with van der Waals surface area (Å²) >= 11 is 6.55. The van der Waals surface area contributed by atoms with Crippen LogP contribution in [-0.2, 0) is 17.5 Å². The van der Waals surface area contributed by atoms with Crippen molar-refractivity contribution in [3.8, 4) is 0 Å². The molecule has 0 radical (unpaired) electrons. The van der Waals surface area contributed by atoms with Crippen molar-refractivity contribution in [2.45, 2.75) is 30.1 Å². The van der Waals surface area contributed by atoms with Gasteiger partial charge in [0.15, 0.2) is 0 Å². The van der Waals surface area contributed by atoms with E-state index in [9.17, 15) is 18.0 Å². The van der Waals surface area contributed by atoms with E-state index >= 15 is 0 Å². The van der Waals surface area contributed by atoms with Gasteiger partial charge in [-0.2, -0.15) is 13.2 Å². The first-order chi connectivity index (χ1) is 11.2. The number of nitrogen functional groups attached to an aromatic ring is 1. The Hall–Kier alpha value is -1.94. The minimum Gasteiger partial charge on any atom is -0.351 e. The van der Waals surface area contributed by atoms with Crippen LogP contribution >= 0.6 is 23.4 Å². The summed E-state index contributed by atoms with van der Waals surface area (Å²) in [6.07, 6.45) is -4.71. The molecule has 6 nitrogen and oxygen atoms in total. The zero-order chi connectivity index (χ0) is 17.9. The molecule has 0 saturated heterocycles. The Morgan fingerprint density at radius 2 is 2.00 bits per heavy atom. The smallest absolute Gasteiger partial charge is 0.351 e. The number of halogens is 4. The number of aromatic nitrogens is 3. The predicted molar refractivity (Wildman–Crippen MR) is 83.8 cm³/mol. The zero-order valence-electron chi connectivity index (χ0n) is 12.3. The van der Waals surface area contributed by atoms with Crippen molar-refractivity contribution in [1.82, 2.24) is 20.2 Å². The van der Waals surface area contributed by atoms with Gasteiger partial charge in [0.05, 0.1) is 5.25 Å². The summed E-state index contributed by atoms with van der Waals surface area (Å²) in [5.41, 5.74) is 0.839. The van der Waals surface area contributed by atoms with Crippen LogP contribution in [0.4, 0.5) is 13.2 Å². The van der Waals surface area contributed by atoms with Gasteiger partial charge in [-0.1, -0.05) is 35.5 Å². The van der Waals surface area contributed by atoms with E-state index in [0.717, 1.165) is 17.3 Å². The number of amides is 1. The van der Waals surface area contributed by atoms with Crippen LogP contribution in [0.1, 0.15) is 18.3 Å². The van der Waals surface area contributed by atoms with E-state index in [4.69, 9.17) is 17.4 Å². The Bertz CT molecular complexity index is 719. The molecule has 2 aromatic rings. The third-order valence-electron chi connectivity index (χ3n) is 2.95. The molecule has 0 saturated carbocycles. The fourth-order valence-corrected chi connectivity index (χ4v) is 2.62. The highest BCUT2D eigenvalue weighted by Crippen LogP contribution is 2.30. The molecule has 1 amide bonds. The third kappa shape index (κ3) is 4.54. The van der Waals surface area contributed by atoms with Gasteiger partial charge in [-0.15, -0.1) is 10.2 Å². The Kier molecular flexibility index (Phi) is 5.60. The molecule has 0 aliphatic carbocycles. The SMILES string of the molecule is CC(Sc1nnc(C(F)(F)F)n1N)C(=O)NCc1ccc(Cl)cc1. The monoisotopic (exact) mass is 379 g/mol. The second kappa shape index (κ2) is 7.31. The number of rotatable bonds is 5. The summed E-state index contributed by atoms with van der Waals surface area (Å²) in [7, 11) is 0. The molecule has 0 aliphatic heterocycles. The molecule has 130 valence electrons. The molecule has 1 unspecified atom stereocenters. The minimum atomic E-state index is -4.71. The van der Waals surface area contributed by atoms with Crippen LogP contribution in [0.15, 0.2) is 29.4 Å². The van der Waals surface area contributed by atoms with Gasteiger partial charge < -0.3 is 11.2 Å². The first kappa shape index (κ1) is 18.4. The molecule has 3 N–H and O–H groups in total. The van der Waals surface area contributed by atoms with Gasteiger partial charge in [0, 0.05) is 11.6 Å². The van der Waals surface area contributed by atoms with Crippen molar-refractivity contribution in [3.63, 3.8) is 0 Å². The van der Waals surface area contributed by atoms with Crippen molar-refractivity contribution in [1.29, 1.82) is 0 Å². The van der Waals surface area contributed by atoms with Crippen molar-refractivity contribution in [3.05, 3.63) is 40.7 Å². The van der Waals surface area contributed by atoms with E-state index in [1.54, 1.807) is 24.3 Å². The predicted octanol–water partition coefficient (Wildman–Crippen LogP) is 2.46. The number of nitrogens with one attached hydrogen (secondary N) is 1. The molecule has 0 spiro atoms. The van der Waals surface area contributed by atoms with Crippen molar-refractivity contribution >= 4 is 29.3 Å². The Labute approximate surface area is 144 Å². The van der Waals surface area contributed by atoms with Crippen LogP contribution in [0, 0.1) is 0 Å². The Morgan fingerprint density at radius 1 is 1.38 bits per heavy atom. The van der Waals surface area contributed by atoms with Crippen LogP contribution in [0.5, 0.6) is 0 Å². The van der Waals surface area contributed by atoms with Crippen LogP contribution in [-0.4, -0.2) is 26.0 Å². The average molecular weight is 380 g/mol. The summed E-state index contributed by atoms with van der Waals surface area (Å²) in [5, 5.41) is 8.72. The molecule has 11 heteroatoms. The van der Waals surface area contributed by atoms with Gasteiger partial charge in [-0.25, -0.2) is 4.68 Å². The van der Waals surface area contributed by atoms with Gasteiger partial charge in [-0.3, -0.25) is 4.79 Å². The van der Waals surface area contributed by atoms with Gasteiger partial charge >= 0.3 is 6.18 Å². The normalized spacial score (nSPS) is 12.9. The highest BCUT2D eigenvalue weighted by Gasteiger charge is 2.38. The van der Waals surface area contributed by atoms with Crippen LogP contribution in [0.25, 0.3) is 0 Å². The summed E-state index contributed by atoms with van der Waals surface area (Å²) in [4.78, 5) is 12.0. The topological polar surface area (TPSA) is 85.8 Å². The number of alkyl halides is 3. The highest BCUT2D eigenvalue weighted by atomic mass is 35.5. The summed E-state index contributed by atoms with van der Waals surface area (Å²) in [6.45, 7) is 1.80. The first-order valence-corrected chi connectivity index (χ1v) is 7.90. The number of hydrogen-bond acceptors (Lipinski definition) is 5. The molecule has 1 aromatic carbocycles. The summed E-state index contributed by atoms with van der Waals surface area (Å²) < 4.78 is 38.1. The second-order valence-corrected chi connectivity index (χ2v) is 6.52. The number of nitrogens with two attached hydrogens (primary N) is 1. The third-order valence-corrected chi connectivity index (χ3v) is 4.26. The van der Waals surface area contributed by atoms with Gasteiger partial charge in [-0.05, 0) is 24.6 Å². The van der Waals surface area contributed by atoms with E-state index < -0.39 is 17.3 Å². The number of thioether (sulfide) groups is 1. The zero-order valence-corrected chi connectivity index (χ0v) is 13.9. The molecule has 0 aliphatic rings. The maximum absolute atomic E-state index is 12.6. The number of hydrogen-bond donors (Lipinski definition) is 2. The van der Waals surface area contributed by atoms with Crippen molar-refractivity contribution in [2.24, 2.45) is 0 Å². The van der Waals surface area contributed by atoms with Crippen LogP contribution in [0.3, 0.4) is 0 Å². The fourth-order valence-electron chi connectivity index (χ4n) is 1.70. The Balaban J connectivity index is 1.94. The maximum Gasteiger partial charge on any atom is 0.453 e. The van der Waals surface area contributed by atoms with Gasteiger partial charge in [0.2, 0.25) is 11.1 Å². The summed E-state index contributed by atoms with van der Waals surface area (Å²) in [5.74, 6) is 3.63. The van der Waals surface area contributed by atoms with E-state index in [2.05, 4.69) is 15.5 Å². The molecule has 2 rings (SSSR count). The van der Waals surface area contributed by atoms with Crippen molar-refractivity contribution in [2.75, 3.05) is 5.84 Å². The molecule has 0 bridgehead atoms. The number of carbonyl (C=O) groups is 1. The summed E-state index contributed by atoms with van der Waals surface area (Å²) in [6, 6.07) is 6.90. The van der Waals surface area contributed by atoms with E-state index in [0.29, 0.717) is 9.70 Å². The molecular formula is C13H13ClF3N5OS. The lowest BCUT2D eigenvalue weighted by molar-refractivity contribution is -0.146. The molecule has 0 fully saturated rings. The fraction of sp³-hybridized carbons (Fsp3) is 0.308. The van der Waals surface area contributed by atoms with E-state index in [1.165, 1.54) is 6.92 Å². The number of nitrogens with zero attached hydrogens (tertiary/aromatic N) is 3. The average Bonchev–Trinajstić information content (AvgIpc) is 2.87. The van der Waals surface area contributed by atoms with E-state index in [-0.39, 0.29) is 17.6 Å². The molecular weight excluding hydrogens is 367 g/mol. The lowest BCUT2D eigenvalue weighted by Crippen LogP contribution is -2.31. The molecule has 1 atom stereocenters. The largest absolute Gasteiger partial charge is 0.453 e. The number of benzene rings is 1. The van der Waals surface area contributed by atoms with Crippen LogP contribution < -0.4 is 11.2 Å². The van der Waals surface area contributed by atoms with Gasteiger partial charge in [0.1, 0.15) is 0 Å². The lowest BCUT2D eigenvalue weighted by atomic mass is 10.2. The standard InChI is InChI=1S/C13H13ClF3N5OS/c1-7(10(23)19-6-8-2-4-9(14)5-3-8)24-12-21-20-11(22(12)18)13(15,16)17/h2-5,7H,6,18H2,1H3,(H,19,23). The first-order valence-electron chi connectivity index (χ1n) is 6.65. The maximum atomic E-state index is 12.6. The minimum absolute atomic E-state index is 0.198. The van der Waals surface area contributed by atoms with E-state index in [1.807, 2.05) is 0 Å². The quantitative estimate of drug-likeness (QED) is 0.615. The molecule has 1 heterocycles. The number of carbonyl (C=O) groups excluding carboxylic acids is 1. The molecule has 1 aromatic heterocycles. The highest BCUT2D eigenvalue weighted by molar-refractivity contribution is 8.00. The Morgan fingerprint density at radius 3 is 2.54 bits per heavy atom. The van der Waals surface area contributed by atoms with Crippen molar-refractivity contribution < 1.29 is 18.0 Å².